The number of piperidine rings is 1. The molecule has 2 amide bonds. The van der Waals surface area contributed by atoms with E-state index in [0.717, 1.165) is 50.0 Å². The number of rotatable bonds is 7. The van der Waals surface area contributed by atoms with Crippen LogP contribution in [0.4, 0.5) is 10.7 Å². The van der Waals surface area contributed by atoms with Crippen LogP contribution < -0.4 is 15.4 Å². The molecule has 0 bridgehead atoms. The number of carbonyl (C=O) groups excluding carboxylic acids is 2. The minimum absolute atomic E-state index is 0.0366. The van der Waals surface area contributed by atoms with Gasteiger partial charge in [-0.15, -0.1) is 11.3 Å². The van der Waals surface area contributed by atoms with Gasteiger partial charge in [0, 0.05) is 16.6 Å². The molecule has 0 unspecified atom stereocenters. The minimum Gasteiger partial charge on any atom is -0.494 e. The van der Waals surface area contributed by atoms with Gasteiger partial charge in [0.2, 0.25) is 5.91 Å². The second-order valence-corrected chi connectivity index (χ2v) is 10.4. The molecule has 6 nitrogen and oxygen atoms in total. The van der Waals surface area contributed by atoms with Gasteiger partial charge in [-0.05, 0) is 88.2 Å². The first kappa shape index (κ1) is 23.8. The average molecular weight is 470 g/mol. The second kappa shape index (κ2) is 10.7. The van der Waals surface area contributed by atoms with Crippen molar-refractivity contribution in [1.82, 2.24) is 4.90 Å². The summed E-state index contributed by atoms with van der Waals surface area (Å²) in [6.07, 6.45) is 6.39. The summed E-state index contributed by atoms with van der Waals surface area (Å²) in [6, 6.07) is 7.82. The van der Waals surface area contributed by atoms with Crippen LogP contribution in [-0.2, 0) is 17.6 Å². The topological polar surface area (TPSA) is 70.7 Å². The highest BCUT2D eigenvalue weighted by molar-refractivity contribution is 7.17. The molecule has 2 aromatic rings. The Kier molecular flexibility index (Phi) is 7.71. The lowest BCUT2D eigenvalue weighted by Crippen LogP contribution is -2.42. The van der Waals surface area contributed by atoms with Crippen LogP contribution >= 0.6 is 11.3 Å². The summed E-state index contributed by atoms with van der Waals surface area (Å²) in [6.45, 7) is 8.31. The molecule has 1 fully saturated rings. The van der Waals surface area contributed by atoms with Crippen LogP contribution in [0.1, 0.15) is 67.3 Å². The van der Waals surface area contributed by atoms with Crippen molar-refractivity contribution in [3.05, 3.63) is 40.3 Å². The molecule has 7 heteroatoms. The molecule has 1 aromatic heterocycles. The van der Waals surface area contributed by atoms with Crippen LogP contribution in [0.15, 0.2) is 24.3 Å². The van der Waals surface area contributed by atoms with Crippen LogP contribution in [-0.4, -0.2) is 42.5 Å². The predicted molar refractivity (Wildman–Crippen MR) is 135 cm³/mol. The Morgan fingerprint density at radius 1 is 1.12 bits per heavy atom. The van der Waals surface area contributed by atoms with Gasteiger partial charge in [0.15, 0.2) is 0 Å². The molecule has 4 rings (SSSR count). The third kappa shape index (κ3) is 5.76. The number of anilines is 2. The molecule has 2 N–H and O–H groups in total. The van der Waals surface area contributed by atoms with Gasteiger partial charge in [-0.1, -0.05) is 13.3 Å². The van der Waals surface area contributed by atoms with Crippen molar-refractivity contribution in [3.8, 4) is 5.75 Å². The van der Waals surface area contributed by atoms with Gasteiger partial charge < -0.3 is 15.4 Å². The Hall–Kier alpha value is -2.38. The zero-order valence-corrected chi connectivity index (χ0v) is 20.7. The number of hydrogen-bond donors (Lipinski definition) is 2. The van der Waals surface area contributed by atoms with Crippen molar-refractivity contribution in [2.24, 2.45) is 5.92 Å². The fourth-order valence-electron chi connectivity index (χ4n) is 4.82. The molecule has 1 saturated heterocycles. The van der Waals surface area contributed by atoms with Crippen LogP contribution in [0.5, 0.6) is 5.75 Å². The van der Waals surface area contributed by atoms with Gasteiger partial charge in [0.1, 0.15) is 10.8 Å². The summed E-state index contributed by atoms with van der Waals surface area (Å²) in [7, 11) is 0. The lowest BCUT2D eigenvalue weighted by Gasteiger charge is -2.32. The Morgan fingerprint density at radius 3 is 2.64 bits per heavy atom. The van der Waals surface area contributed by atoms with E-state index in [4.69, 9.17) is 4.74 Å². The van der Waals surface area contributed by atoms with Crippen LogP contribution in [0.3, 0.4) is 0 Å². The smallest absolute Gasteiger partial charge is 0.258 e. The maximum Gasteiger partial charge on any atom is 0.258 e. The average Bonchev–Trinajstić information content (AvgIpc) is 3.13. The number of thiophene rings is 1. The molecule has 2 heterocycles. The largest absolute Gasteiger partial charge is 0.494 e. The molecule has 2 atom stereocenters. The van der Waals surface area contributed by atoms with Gasteiger partial charge >= 0.3 is 0 Å². The van der Waals surface area contributed by atoms with Gasteiger partial charge in [-0.2, -0.15) is 0 Å². The Bertz CT molecular complexity index is 985. The number of ether oxygens (including phenoxy) is 1. The maximum absolute atomic E-state index is 13.4. The monoisotopic (exact) mass is 469 g/mol. The second-order valence-electron chi connectivity index (χ2n) is 9.33. The molecule has 0 radical (unpaired) electrons. The van der Waals surface area contributed by atoms with Gasteiger partial charge in [0.05, 0.1) is 18.7 Å². The molecule has 2 aliphatic rings. The van der Waals surface area contributed by atoms with Gasteiger partial charge in [-0.25, -0.2) is 0 Å². The van der Waals surface area contributed by atoms with E-state index in [-0.39, 0.29) is 11.8 Å². The number of carbonyl (C=O) groups is 2. The van der Waals surface area contributed by atoms with Crippen LogP contribution in [0, 0.1) is 5.92 Å². The van der Waals surface area contributed by atoms with Crippen LogP contribution in [0.2, 0.25) is 0 Å². The molecule has 1 aromatic carbocycles. The SMILES string of the molecule is CCOc1ccc(NC(=O)c2c(NC(=O)CN3CCCC[C@H]3C)sc3c2CC[C@H](C)C3)cc1. The summed E-state index contributed by atoms with van der Waals surface area (Å²) in [5.74, 6) is 1.17. The van der Waals surface area contributed by atoms with E-state index < -0.39 is 0 Å². The van der Waals surface area contributed by atoms with Crippen molar-refractivity contribution in [1.29, 1.82) is 0 Å². The Balaban J connectivity index is 1.53. The zero-order valence-electron chi connectivity index (χ0n) is 19.9. The molecule has 1 aliphatic carbocycles. The number of fused-ring (bicyclic) bond motifs is 1. The first-order chi connectivity index (χ1) is 15.9. The van der Waals surface area contributed by atoms with Crippen molar-refractivity contribution >= 4 is 33.8 Å². The maximum atomic E-state index is 13.4. The van der Waals surface area contributed by atoms with Gasteiger partial charge in [0.25, 0.3) is 5.91 Å². The zero-order chi connectivity index (χ0) is 23.4. The summed E-state index contributed by atoms with van der Waals surface area (Å²) in [5.41, 5.74) is 2.45. The summed E-state index contributed by atoms with van der Waals surface area (Å²) in [4.78, 5) is 29.8. The van der Waals surface area contributed by atoms with Gasteiger partial charge in [-0.3, -0.25) is 14.5 Å². The van der Waals surface area contributed by atoms with E-state index >= 15 is 0 Å². The fraction of sp³-hybridized carbons (Fsp3) is 0.538. The Labute approximate surface area is 200 Å². The standard InChI is InChI=1S/C26H35N3O3S/c1-4-32-20-11-9-19(10-12-20)27-25(31)24-21-13-8-17(2)15-22(21)33-26(24)28-23(30)16-29-14-6-5-7-18(29)3/h9-12,17-18H,4-8,13-16H2,1-3H3,(H,27,31)(H,28,30)/t17-,18+/m0/s1. The molecule has 1 aliphatic heterocycles. The van der Waals surface area contributed by atoms with Crippen LogP contribution in [0.25, 0.3) is 0 Å². The third-order valence-electron chi connectivity index (χ3n) is 6.70. The number of hydrogen-bond acceptors (Lipinski definition) is 5. The highest BCUT2D eigenvalue weighted by Gasteiger charge is 2.29. The molecular formula is C26H35N3O3S. The Morgan fingerprint density at radius 2 is 1.91 bits per heavy atom. The number of nitrogens with one attached hydrogen (secondary N) is 2. The van der Waals surface area contributed by atoms with E-state index in [2.05, 4.69) is 29.4 Å². The fourth-order valence-corrected chi connectivity index (χ4v) is 6.24. The first-order valence-corrected chi connectivity index (χ1v) is 13.0. The quantitative estimate of drug-likeness (QED) is 0.574. The predicted octanol–water partition coefficient (Wildman–Crippen LogP) is 5.34. The minimum atomic E-state index is -0.159. The van der Waals surface area contributed by atoms with E-state index in [0.29, 0.717) is 41.4 Å². The normalized spacial score (nSPS) is 20.7. The molecule has 33 heavy (non-hydrogen) atoms. The van der Waals surface area contributed by atoms with E-state index in [9.17, 15) is 9.59 Å². The lowest BCUT2D eigenvalue weighted by atomic mass is 9.88. The van der Waals surface area contributed by atoms with E-state index in [1.165, 1.54) is 11.3 Å². The summed E-state index contributed by atoms with van der Waals surface area (Å²) >= 11 is 1.57. The highest BCUT2D eigenvalue weighted by atomic mass is 32.1. The number of nitrogens with zero attached hydrogens (tertiary/aromatic N) is 1. The molecule has 0 spiro atoms. The van der Waals surface area contributed by atoms with Crippen molar-refractivity contribution in [3.63, 3.8) is 0 Å². The number of benzene rings is 1. The van der Waals surface area contributed by atoms with Crippen molar-refractivity contribution < 1.29 is 14.3 Å². The van der Waals surface area contributed by atoms with Crippen molar-refractivity contribution in [2.75, 3.05) is 30.3 Å². The lowest BCUT2D eigenvalue weighted by molar-refractivity contribution is -0.118. The van der Waals surface area contributed by atoms with E-state index in [1.807, 2.05) is 31.2 Å². The van der Waals surface area contributed by atoms with E-state index in [1.54, 1.807) is 11.3 Å². The molecule has 178 valence electrons. The van der Waals surface area contributed by atoms with Crippen molar-refractivity contribution in [2.45, 2.75) is 65.3 Å². The molecular weight excluding hydrogens is 434 g/mol. The first-order valence-electron chi connectivity index (χ1n) is 12.2. The third-order valence-corrected chi connectivity index (χ3v) is 7.87. The summed E-state index contributed by atoms with van der Waals surface area (Å²) < 4.78 is 5.49. The number of likely N-dealkylation sites (tertiary alicyclic amines) is 1. The highest BCUT2D eigenvalue weighted by Crippen LogP contribution is 2.40. The summed E-state index contributed by atoms with van der Waals surface area (Å²) in [5, 5.41) is 6.81. The number of amides is 2. The molecule has 0 saturated carbocycles.